The Balaban J connectivity index is 2.76. The Bertz CT molecular complexity index is 495. The number of methoxy groups -OCH3 is 1. The topological polar surface area (TPSA) is 82.3 Å². The molecule has 0 heterocycles. The second-order valence-electron chi connectivity index (χ2n) is 3.93. The number of benzene rings is 1. The molecule has 0 saturated heterocycles. The van der Waals surface area contributed by atoms with Crippen molar-refractivity contribution in [3.8, 4) is 6.07 Å². The van der Waals surface area contributed by atoms with E-state index in [0.29, 0.717) is 5.69 Å². The minimum Gasteiger partial charge on any atom is -0.467 e. The average Bonchev–Trinajstić information content (AvgIpc) is 2.36. The van der Waals surface area contributed by atoms with Gasteiger partial charge in [0.25, 0.3) is 0 Å². The minimum absolute atomic E-state index is 0.113. The van der Waals surface area contributed by atoms with E-state index in [9.17, 15) is 14.3 Å². The van der Waals surface area contributed by atoms with Crippen molar-refractivity contribution in [3.05, 3.63) is 29.6 Å². The molecule has 0 fully saturated rings. The van der Waals surface area contributed by atoms with Crippen molar-refractivity contribution >= 4 is 11.7 Å². The third-order valence-electron chi connectivity index (χ3n) is 2.35. The van der Waals surface area contributed by atoms with Crippen molar-refractivity contribution in [2.45, 2.75) is 12.5 Å². The summed E-state index contributed by atoms with van der Waals surface area (Å²) in [5, 5.41) is 21.1. The summed E-state index contributed by atoms with van der Waals surface area (Å²) in [5.41, 5.74) is -1.38. The van der Waals surface area contributed by atoms with Crippen LogP contribution in [0.4, 0.5) is 10.1 Å². The number of hydrogen-bond acceptors (Lipinski definition) is 5. The zero-order valence-electron chi connectivity index (χ0n) is 10.0. The smallest absolute Gasteiger partial charge is 0.339 e. The maximum Gasteiger partial charge on any atom is 0.339 e. The fraction of sp³-hybridized carbons (Fsp3) is 0.333. The number of anilines is 1. The molecule has 6 heteroatoms. The van der Waals surface area contributed by atoms with Crippen LogP contribution in [0.5, 0.6) is 0 Å². The molecule has 18 heavy (non-hydrogen) atoms. The predicted molar refractivity (Wildman–Crippen MR) is 62.2 cm³/mol. The summed E-state index contributed by atoms with van der Waals surface area (Å²) in [6.07, 6.45) is 0. The summed E-state index contributed by atoms with van der Waals surface area (Å²) in [6.45, 7) is 1.18. The molecule has 1 aromatic carbocycles. The first kappa shape index (κ1) is 13.9. The van der Waals surface area contributed by atoms with E-state index < -0.39 is 17.4 Å². The Morgan fingerprint density at radius 3 is 2.89 bits per heavy atom. The van der Waals surface area contributed by atoms with Crippen LogP contribution in [0.25, 0.3) is 0 Å². The van der Waals surface area contributed by atoms with Gasteiger partial charge in [0.2, 0.25) is 0 Å². The maximum atomic E-state index is 13.1. The van der Waals surface area contributed by atoms with Gasteiger partial charge < -0.3 is 15.2 Å². The number of esters is 1. The van der Waals surface area contributed by atoms with Crippen LogP contribution in [0.15, 0.2) is 18.2 Å². The van der Waals surface area contributed by atoms with Crippen molar-refractivity contribution in [2.24, 2.45) is 0 Å². The third-order valence-corrected chi connectivity index (χ3v) is 2.35. The van der Waals surface area contributed by atoms with Gasteiger partial charge in [-0.3, -0.25) is 0 Å². The van der Waals surface area contributed by atoms with Crippen LogP contribution in [0.1, 0.15) is 12.5 Å². The highest BCUT2D eigenvalue weighted by Gasteiger charge is 2.31. The van der Waals surface area contributed by atoms with Crippen LogP contribution in [0.2, 0.25) is 0 Å². The van der Waals surface area contributed by atoms with E-state index in [2.05, 4.69) is 10.1 Å². The van der Waals surface area contributed by atoms with Crippen LogP contribution in [0.3, 0.4) is 0 Å². The molecule has 0 aliphatic carbocycles. The number of halogens is 1. The first-order valence-corrected chi connectivity index (χ1v) is 5.15. The molecule has 0 aliphatic rings. The predicted octanol–water partition coefficient (Wildman–Crippen LogP) is 1.03. The first-order valence-electron chi connectivity index (χ1n) is 5.15. The van der Waals surface area contributed by atoms with E-state index in [1.54, 1.807) is 6.07 Å². The van der Waals surface area contributed by atoms with Crippen LogP contribution in [-0.2, 0) is 9.53 Å². The van der Waals surface area contributed by atoms with E-state index in [-0.39, 0.29) is 12.1 Å². The molecule has 5 nitrogen and oxygen atoms in total. The van der Waals surface area contributed by atoms with E-state index in [1.807, 2.05) is 0 Å². The lowest BCUT2D eigenvalue weighted by Gasteiger charge is -2.21. The summed E-state index contributed by atoms with van der Waals surface area (Å²) in [6, 6.07) is 5.53. The molecule has 2 N–H and O–H groups in total. The Labute approximate surface area is 104 Å². The fourth-order valence-electron chi connectivity index (χ4n) is 1.29. The Morgan fingerprint density at radius 1 is 1.67 bits per heavy atom. The quantitative estimate of drug-likeness (QED) is 0.782. The summed E-state index contributed by atoms with van der Waals surface area (Å²) >= 11 is 0. The van der Waals surface area contributed by atoms with Crippen molar-refractivity contribution in [2.75, 3.05) is 19.0 Å². The van der Waals surface area contributed by atoms with Crippen molar-refractivity contribution in [1.29, 1.82) is 5.26 Å². The molecule has 0 amide bonds. The number of hydrogen-bond donors (Lipinski definition) is 2. The molecule has 1 atom stereocenters. The van der Waals surface area contributed by atoms with Crippen LogP contribution in [0, 0.1) is 17.1 Å². The number of nitrogens with zero attached hydrogens (tertiary/aromatic N) is 1. The van der Waals surface area contributed by atoms with Gasteiger partial charge >= 0.3 is 5.97 Å². The molecule has 0 radical (unpaired) electrons. The Morgan fingerprint density at radius 2 is 2.33 bits per heavy atom. The van der Waals surface area contributed by atoms with Gasteiger partial charge in [-0.1, -0.05) is 0 Å². The Kier molecular flexibility index (Phi) is 4.23. The highest BCUT2D eigenvalue weighted by Crippen LogP contribution is 2.15. The number of nitriles is 1. The van der Waals surface area contributed by atoms with Crippen LogP contribution < -0.4 is 5.32 Å². The minimum atomic E-state index is -1.70. The number of nitrogens with one attached hydrogen (secondary N) is 1. The highest BCUT2D eigenvalue weighted by atomic mass is 19.1. The first-order chi connectivity index (χ1) is 8.40. The fourth-order valence-corrected chi connectivity index (χ4v) is 1.29. The standard InChI is InChI=1S/C12H13FN2O3/c1-12(17,11(16)18-2)7-15-9-3-4-10(13)8(5-9)6-14/h3-5,15,17H,7H2,1-2H3. The molecule has 0 spiro atoms. The van der Waals surface area contributed by atoms with Gasteiger partial charge in [0.05, 0.1) is 19.2 Å². The third kappa shape index (κ3) is 3.18. The van der Waals surface area contributed by atoms with E-state index in [4.69, 9.17) is 5.26 Å². The van der Waals surface area contributed by atoms with Gasteiger partial charge in [-0.05, 0) is 25.1 Å². The molecular formula is C12H13FN2O3. The second-order valence-corrected chi connectivity index (χ2v) is 3.93. The molecule has 0 bridgehead atoms. The maximum absolute atomic E-state index is 13.1. The zero-order valence-corrected chi connectivity index (χ0v) is 10.0. The number of aliphatic hydroxyl groups is 1. The number of carbonyl (C=O) groups excluding carboxylic acids is 1. The average molecular weight is 252 g/mol. The number of carbonyl (C=O) groups is 1. The van der Waals surface area contributed by atoms with Crippen molar-refractivity contribution < 1.29 is 19.0 Å². The number of rotatable bonds is 4. The van der Waals surface area contributed by atoms with Gasteiger partial charge in [-0.15, -0.1) is 0 Å². The molecule has 1 aromatic rings. The number of ether oxygens (including phenoxy) is 1. The summed E-state index contributed by atoms with van der Waals surface area (Å²) in [4.78, 5) is 11.2. The second kappa shape index (κ2) is 5.47. The van der Waals surface area contributed by atoms with Gasteiger partial charge in [-0.2, -0.15) is 5.26 Å². The lowest BCUT2D eigenvalue weighted by molar-refractivity contribution is -0.158. The largest absolute Gasteiger partial charge is 0.467 e. The van der Waals surface area contributed by atoms with Gasteiger partial charge in [0.15, 0.2) is 5.60 Å². The highest BCUT2D eigenvalue weighted by molar-refractivity contribution is 5.79. The van der Waals surface area contributed by atoms with Crippen LogP contribution >= 0.6 is 0 Å². The van der Waals surface area contributed by atoms with Crippen molar-refractivity contribution in [3.63, 3.8) is 0 Å². The normalized spacial score (nSPS) is 13.3. The molecule has 1 unspecified atom stereocenters. The van der Waals surface area contributed by atoms with E-state index in [0.717, 1.165) is 6.07 Å². The molecule has 0 saturated carbocycles. The monoisotopic (exact) mass is 252 g/mol. The SMILES string of the molecule is COC(=O)C(C)(O)CNc1ccc(F)c(C#N)c1. The lowest BCUT2D eigenvalue weighted by atomic mass is 10.1. The molecule has 96 valence electrons. The van der Waals surface area contributed by atoms with Crippen molar-refractivity contribution in [1.82, 2.24) is 0 Å². The molecular weight excluding hydrogens is 239 g/mol. The van der Waals surface area contributed by atoms with Crippen LogP contribution in [-0.4, -0.2) is 30.3 Å². The Hall–Kier alpha value is -2.13. The lowest BCUT2D eigenvalue weighted by Crippen LogP contribution is -2.42. The zero-order chi connectivity index (χ0) is 13.8. The van der Waals surface area contributed by atoms with E-state index in [1.165, 1.54) is 26.2 Å². The summed E-state index contributed by atoms with van der Waals surface area (Å²) in [5.74, 6) is -1.40. The van der Waals surface area contributed by atoms with E-state index >= 15 is 0 Å². The molecule has 1 rings (SSSR count). The molecule has 0 aromatic heterocycles. The molecule has 0 aliphatic heterocycles. The summed E-state index contributed by atoms with van der Waals surface area (Å²) < 4.78 is 17.5. The van der Waals surface area contributed by atoms with Gasteiger partial charge in [0, 0.05) is 5.69 Å². The van der Waals surface area contributed by atoms with Gasteiger partial charge in [0.1, 0.15) is 11.9 Å². The summed E-state index contributed by atoms with van der Waals surface area (Å²) in [7, 11) is 1.17. The van der Waals surface area contributed by atoms with Gasteiger partial charge in [-0.25, -0.2) is 9.18 Å².